The van der Waals surface area contributed by atoms with Crippen LogP contribution in [-0.2, 0) is 9.53 Å². The number of hydrogen-bond acceptors (Lipinski definition) is 7. The number of thiophene rings is 1. The number of carbonyl (C=O) groups is 3. The first-order valence-corrected chi connectivity index (χ1v) is 15.3. The largest absolute Gasteiger partial charge is 0.481 e. The van der Waals surface area contributed by atoms with Crippen molar-refractivity contribution in [2.45, 2.75) is 26.9 Å². The molecule has 0 aliphatic heterocycles. The van der Waals surface area contributed by atoms with Crippen LogP contribution in [0.25, 0.3) is 11.1 Å². The van der Waals surface area contributed by atoms with Crippen LogP contribution >= 0.6 is 11.3 Å². The standard InChI is InChI=1S/C36H32N2O6S/c1-4-42-36(41)32-31(25-12-10-23(2)11-13-25)22-45-35(32)38-34(40)26-14-18-29(19-15-26)43-24(3)33(39)37-27-16-20-30(21-17-27)44-28-8-6-5-7-9-28/h5-22,24H,4H2,1-3H3,(H,37,39)(H,38,40)/t24-/m1/s1. The molecule has 0 saturated carbocycles. The molecule has 8 nitrogen and oxygen atoms in total. The third-order valence-corrected chi connectivity index (χ3v) is 7.66. The van der Waals surface area contributed by atoms with Gasteiger partial charge in [-0.2, -0.15) is 0 Å². The second-order valence-electron chi connectivity index (χ2n) is 10.1. The molecular weight excluding hydrogens is 588 g/mol. The van der Waals surface area contributed by atoms with Crippen molar-refractivity contribution in [1.82, 2.24) is 0 Å². The Balaban J connectivity index is 1.19. The third kappa shape index (κ3) is 7.95. The van der Waals surface area contributed by atoms with Crippen molar-refractivity contribution in [3.8, 4) is 28.4 Å². The SMILES string of the molecule is CCOC(=O)c1c(-c2ccc(C)cc2)csc1NC(=O)c1ccc(O[C@H](C)C(=O)Nc2ccc(Oc3ccccc3)cc2)cc1. The molecule has 0 fully saturated rings. The smallest absolute Gasteiger partial charge is 0.341 e. The van der Waals surface area contributed by atoms with E-state index in [1.807, 2.05) is 66.9 Å². The summed E-state index contributed by atoms with van der Waals surface area (Å²) in [6.45, 7) is 5.58. The van der Waals surface area contributed by atoms with Crippen LogP contribution in [0.2, 0.25) is 0 Å². The van der Waals surface area contributed by atoms with Crippen LogP contribution in [0.15, 0.2) is 109 Å². The van der Waals surface area contributed by atoms with Gasteiger partial charge in [-0.3, -0.25) is 9.59 Å². The van der Waals surface area contributed by atoms with Gasteiger partial charge in [0, 0.05) is 22.2 Å². The summed E-state index contributed by atoms with van der Waals surface area (Å²) in [5.74, 6) is 0.565. The Kier molecular flexibility index (Phi) is 9.91. The van der Waals surface area contributed by atoms with Gasteiger partial charge in [0.05, 0.1) is 6.61 Å². The van der Waals surface area contributed by atoms with Crippen molar-refractivity contribution in [1.29, 1.82) is 0 Å². The number of anilines is 2. The molecule has 0 radical (unpaired) electrons. The van der Waals surface area contributed by atoms with E-state index >= 15 is 0 Å². The van der Waals surface area contributed by atoms with Crippen molar-refractivity contribution in [3.05, 3.63) is 125 Å². The number of ether oxygens (including phenoxy) is 3. The molecule has 2 N–H and O–H groups in total. The van der Waals surface area contributed by atoms with Gasteiger partial charge in [-0.05, 0) is 87.0 Å². The molecule has 5 aromatic rings. The molecule has 0 saturated heterocycles. The second-order valence-corrected chi connectivity index (χ2v) is 11.0. The van der Waals surface area contributed by atoms with Crippen LogP contribution in [0.3, 0.4) is 0 Å². The Morgan fingerprint density at radius 3 is 2.09 bits per heavy atom. The molecule has 0 aliphatic rings. The average Bonchev–Trinajstić information content (AvgIpc) is 3.46. The Hall–Kier alpha value is -5.41. The van der Waals surface area contributed by atoms with Crippen molar-refractivity contribution < 1.29 is 28.6 Å². The fraction of sp³-hybridized carbons (Fsp3) is 0.139. The average molecular weight is 621 g/mol. The van der Waals surface area contributed by atoms with Crippen molar-refractivity contribution in [2.24, 2.45) is 0 Å². The van der Waals surface area contributed by atoms with Gasteiger partial charge < -0.3 is 24.8 Å². The molecule has 0 unspecified atom stereocenters. The van der Waals surface area contributed by atoms with Crippen molar-refractivity contribution >= 4 is 39.8 Å². The number of rotatable bonds is 11. The summed E-state index contributed by atoms with van der Waals surface area (Å²) in [6.07, 6.45) is -0.802. The number of nitrogens with one attached hydrogen (secondary N) is 2. The summed E-state index contributed by atoms with van der Waals surface area (Å²) in [5, 5.41) is 7.92. The highest BCUT2D eigenvalue weighted by molar-refractivity contribution is 7.15. The fourth-order valence-electron chi connectivity index (χ4n) is 4.39. The van der Waals surface area contributed by atoms with Crippen LogP contribution in [0.1, 0.15) is 40.1 Å². The van der Waals surface area contributed by atoms with Crippen molar-refractivity contribution in [2.75, 3.05) is 17.2 Å². The third-order valence-electron chi connectivity index (χ3n) is 6.76. The predicted molar refractivity (Wildman–Crippen MR) is 177 cm³/mol. The second kappa shape index (κ2) is 14.4. The molecule has 2 amide bonds. The molecule has 1 heterocycles. The number of aryl methyl sites for hydroxylation is 1. The normalized spacial score (nSPS) is 11.3. The lowest BCUT2D eigenvalue weighted by molar-refractivity contribution is -0.122. The Morgan fingerprint density at radius 1 is 0.778 bits per heavy atom. The zero-order chi connectivity index (χ0) is 31.8. The molecule has 5 rings (SSSR count). The van der Waals surface area contributed by atoms with Crippen LogP contribution in [-0.4, -0.2) is 30.5 Å². The zero-order valence-corrected chi connectivity index (χ0v) is 25.9. The van der Waals surface area contributed by atoms with Gasteiger partial charge in [0.1, 0.15) is 27.8 Å². The zero-order valence-electron chi connectivity index (χ0n) is 25.0. The summed E-state index contributed by atoms with van der Waals surface area (Å²) in [5.41, 5.74) is 3.93. The number of benzene rings is 4. The number of para-hydroxylation sites is 1. The van der Waals surface area contributed by atoms with Gasteiger partial charge in [-0.25, -0.2) is 4.79 Å². The maximum atomic E-state index is 13.1. The summed E-state index contributed by atoms with van der Waals surface area (Å²) >= 11 is 1.26. The molecular formula is C36H32N2O6S. The summed E-state index contributed by atoms with van der Waals surface area (Å²) in [4.78, 5) is 38.8. The van der Waals surface area contributed by atoms with Gasteiger partial charge in [-0.1, -0.05) is 48.0 Å². The number of esters is 1. The maximum Gasteiger partial charge on any atom is 0.341 e. The highest BCUT2D eigenvalue weighted by Crippen LogP contribution is 2.36. The van der Waals surface area contributed by atoms with E-state index in [4.69, 9.17) is 14.2 Å². The van der Waals surface area contributed by atoms with E-state index in [-0.39, 0.29) is 12.5 Å². The Morgan fingerprint density at radius 2 is 1.42 bits per heavy atom. The van der Waals surface area contributed by atoms with E-state index in [1.165, 1.54) is 11.3 Å². The molecule has 0 spiro atoms. The van der Waals surface area contributed by atoms with E-state index in [9.17, 15) is 14.4 Å². The summed E-state index contributed by atoms with van der Waals surface area (Å²) in [7, 11) is 0. The first-order valence-electron chi connectivity index (χ1n) is 14.4. The number of amides is 2. The minimum absolute atomic E-state index is 0.212. The van der Waals surface area contributed by atoms with Crippen LogP contribution in [0.4, 0.5) is 10.7 Å². The molecule has 228 valence electrons. The molecule has 1 atom stereocenters. The molecule has 1 aromatic heterocycles. The van der Waals surface area contributed by atoms with Gasteiger partial charge >= 0.3 is 5.97 Å². The highest BCUT2D eigenvalue weighted by Gasteiger charge is 2.23. The molecule has 0 bridgehead atoms. The van der Waals surface area contributed by atoms with Crippen LogP contribution in [0, 0.1) is 6.92 Å². The highest BCUT2D eigenvalue weighted by atomic mass is 32.1. The lowest BCUT2D eigenvalue weighted by Gasteiger charge is -2.15. The van der Waals surface area contributed by atoms with Gasteiger partial charge in [-0.15, -0.1) is 11.3 Å². The van der Waals surface area contributed by atoms with E-state index in [0.29, 0.717) is 38.9 Å². The first-order chi connectivity index (χ1) is 21.8. The minimum Gasteiger partial charge on any atom is -0.481 e. The fourth-order valence-corrected chi connectivity index (χ4v) is 5.35. The maximum absolute atomic E-state index is 13.1. The van der Waals surface area contributed by atoms with Crippen LogP contribution < -0.4 is 20.1 Å². The quantitative estimate of drug-likeness (QED) is 0.144. The predicted octanol–water partition coefficient (Wildman–Crippen LogP) is 8.35. The van der Waals surface area contributed by atoms with E-state index in [2.05, 4.69) is 10.6 Å². The van der Waals surface area contributed by atoms with Gasteiger partial charge in [0.2, 0.25) is 0 Å². The van der Waals surface area contributed by atoms with Gasteiger partial charge in [0.15, 0.2) is 6.10 Å². The van der Waals surface area contributed by atoms with Crippen LogP contribution in [0.5, 0.6) is 17.2 Å². The topological polar surface area (TPSA) is 103 Å². The first kappa shape index (κ1) is 31.0. The molecule has 45 heavy (non-hydrogen) atoms. The molecule has 4 aromatic carbocycles. The number of hydrogen-bond donors (Lipinski definition) is 2. The summed E-state index contributed by atoms with van der Waals surface area (Å²) in [6, 6.07) is 30.7. The number of carbonyl (C=O) groups excluding carboxylic acids is 3. The monoisotopic (exact) mass is 620 g/mol. The lowest BCUT2D eigenvalue weighted by atomic mass is 10.0. The van der Waals surface area contributed by atoms with Gasteiger partial charge in [0.25, 0.3) is 11.8 Å². The molecule has 0 aliphatic carbocycles. The summed E-state index contributed by atoms with van der Waals surface area (Å²) < 4.78 is 16.9. The van der Waals surface area contributed by atoms with E-state index in [0.717, 1.165) is 16.9 Å². The molecule has 9 heteroatoms. The minimum atomic E-state index is -0.802. The van der Waals surface area contributed by atoms with E-state index < -0.39 is 18.0 Å². The lowest BCUT2D eigenvalue weighted by Crippen LogP contribution is -2.30. The van der Waals surface area contributed by atoms with E-state index in [1.54, 1.807) is 62.4 Å². The Labute approximate surface area is 265 Å². The van der Waals surface area contributed by atoms with Crippen molar-refractivity contribution in [3.63, 3.8) is 0 Å². The Bertz CT molecular complexity index is 1770.